The molecule has 2 N–H and O–H groups in total. The Morgan fingerprint density at radius 3 is 2.76 bits per heavy atom. The number of furan rings is 1. The predicted molar refractivity (Wildman–Crippen MR) is 117 cm³/mol. The highest BCUT2D eigenvalue weighted by Gasteiger charge is 2.14. The van der Waals surface area contributed by atoms with Gasteiger partial charge in [-0.3, -0.25) is 0 Å². The van der Waals surface area contributed by atoms with Gasteiger partial charge in [0.2, 0.25) is 0 Å². The van der Waals surface area contributed by atoms with E-state index in [0.717, 1.165) is 38.8 Å². The molecule has 2 aromatic heterocycles. The Hall–Kier alpha value is -3.25. The SMILES string of the molecule is CC(NC(=O)Nc1cccc(CSc2ccccn2)c1)c1cc2ccccc2o1. The van der Waals surface area contributed by atoms with Gasteiger partial charge in [-0.1, -0.05) is 36.4 Å². The average Bonchev–Trinajstić information content (AvgIpc) is 3.18. The van der Waals surface area contributed by atoms with E-state index >= 15 is 0 Å². The zero-order valence-electron chi connectivity index (χ0n) is 16.0. The van der Waals surface area contributed by atoms with Gasteiger partial charge in [-0.25, -0.2) is 9.78 Å². The Morgan fingerprint density at radius 2 is 1.93 bits per heavy atom. The molecular weight excluding hydrogens is 382 g/mol. The normalized spacial score (nSPS) is 11.9. The zero-order chi connectivity index (χ0) is 20.1. The van der Waals surface area contributed by atoms with E-state index in [9.17, 15) is 4.79 Å². The number of para-hydroxylation sites is 1. The number of thioether (sulfide) groups is 1. The van der Waals surface area contributed by atoms with Crippen LogP contribution in [0.3, 0.4) is 0 Å². The van der Waals surface area contributed by atoms with Crippen molar-refractivity contribution in [2.45, 2.75) is 23.7 Å². The highest BCUT2D eigenvalue weighted by Crippen LogP contribution is 2.24. The van der Waals surface area contributed by atoms with Crippen LogP contribution in [0.4, 0.5) is 10.5 Å². The van der Waals surface area contributed by atoms with Crippen LogP contribution < -0.4 is 10.6 Å². The van der Waals surface area contributed by atoms with Gasteiger partial charge in [0.25, 0.3) is 0 Å². The van der Waals surface area contributed by atoms with Gasteiger partial charge in [0.15, 0.2) is 0 Å². The van der Waals surface area contributed by atoms with Crippen molar-refractivity contribution in [1.82, 2.24) is 10.3 Å². The van der Waals surface area contributed by atoms with Crippen LogP contribution >= 0.6 is 11.8 Å². The van der Waals surface area contributed by atoms with E-state index in [-0.39, 0.29) is 12.1 Å². The number of urea groups is 1. The summed E-state index contributed by atoms with van der Waals surface area (Å²) >= 11 is 1.66. The summed E-state index contributed by atoms with van der Waals surface area (Å²) in [4.78, 5) is 16.7. The van der Waals surface area contributed by atoms with Crippen LogP contribution in [0.25, 0.3) is 11.0 Å². The molecule has 6 heteroatoms. The maximum atomic E-state index is 12.4. The number of amides is 2. The Morgan fingerprint density at radius 1 is 1.07 bits per heavy atom. The monoisotopic (exact) mass is 403 g/mol. The lowest BCUT2D eigenvalue weighted by molar-refractivity contribution is 0.248. The van der Waals surface area contributed by atoms with Gasteiger partial charge in [-0.05, 0) is 48.9 Å². The molecule has 0 radical (unpaired) electrons. The van der Waals surface area contributed by atoms with Crippen molar-refractivity contribution in [2.24, 2.45) is 0 Å². The van der Waals surface area contributed by atoms with E-state index in [0.29, 0.717) is 0 Å². The number of fused-ring (bicyclic) bond motifs is 1. The van der Waals surface area contributed by atoms with E-state index < -0.39 is 0 Å². The smallest absolute Gasteiger partial charge is 0.319 e. The number of rotatable bonds is 6. The van der Waals surface area contributed by atoms with E-state index in [1.54, 1.807) is 18.0 Å². The highest BCUT2D eigenvalue weighted by molar-refractivity contribution is 7.98. The van der Waals surface area contributed by atoms with Crippen LogP contribution in [-0.2, 0) is 5.75 Å². The van der Waals surface area contributed by atoms with Crippen molar-refractivity contribution < 1.29 is 9.21 Å². The molecule has 4 rings (SSSR count). The molecule has 2 aromatic carbocycles. The van der Waals surface area contributed by atoms with Gasteiger partial charge < -0.3 is 15.1 Å². The molecule has 0 saturated carbocycles. The number of nitrogens with zero attached hydrogens (tertiary/aromatic N) is 1. The van der Waals surface area contributed by atoms with Crippen LogP contribution in [0, 0.1) is 0 Å². The number of benzene rings is 2. The molecule has 5 nitrogen and oxygen atoms in total. The summed E-state index contributed by atoms with van der Waals surface area (Å²) < 4.78 is 5.82. The molecule has 1 unspecified atom stereocenters. The first-order chi connectivity index (χ1) is 14.2. The van der Waals surface area contributed by atoms with Gasteiger partial charge in [0.1, 0.15) is 11.3 Å². The predicted octanol–water partition coefficient (Wildman–Crippen LogP) is 6.00. The first-order valence-corrected chi connectivity index (χ1v) is 10.3. The minimum absolute atomic E-state index is 0.245. The number of hydrogen-bond donors (Lipinski definition) is 2. The number of carbonyl (C=O) groups is 1. The highest BCUT2D eigenvalue weighted by atomic mass is 32.2. The summed E-state index contributed by atoms with van der Waals surface area (Å²) in [5, 5.41) is 7.82. The molecule has 29 heavy (non-hydrogen) atoms. The van der Waals surface area contributed by atoms with E-state index in [1.165, 1.54) is 0 Å². The van der Waals surface area contributed by atoms with Crippen LogP contribution in [0.5, 0.6) is 0 Å². The second-order valence-corrected chi connectivity index (χ2v) is 7.66. The molecule has 2 amide bonds. The lowest BCUT2D eigenvalue weighted by atomic mass is 10.2. The minimum atomic E-state index is -0.271. The van der Waals surface area contributed by atoms with Gasteiger partial charge >= 0.3 is 6.03 Å². The number of carbonyl (C=O) groups excluding carboxylic acids is 1. The van der Waals surface area contributed by atoms with E-state index in [1.807, 2.05) is 79.7 Å². The largest absolute Gasteiger partial charge is 0.459 e. The number of nitrogens with one attached hydrogen (secondary N) is 2. The third-order valence-electron chi connectivity index (χ3n) is 4.43. The van der Waals surface area contributed by atoms with Gasteiger partial charge in [0, 0.05) is 23.0 Å². The quantitative estimate of drug-likeness (QED) is 0.387. The molecular formula is C23H21N3O2S. The average molecular weight is 404 g/mol. The fourth-order valence-electron chi connectivity index (χ4n) is 2.98. The molecule has 0 spiro atoms. The molecule has 0 bridgehead atoms. The van der Waals surface area contributed by atoms with E-state index in [4.69, 9.17) is 4.42 Å². The van der Waals surface area contributed by atoms with Crippen molar-refractivity contribution >= 4 is 34.4 Å². The lowest BCUT2D eigenvalue weighted by Gasteiger charge is -2.13. The van der Waals surface area contributed by atoms with Gasteiger partial charge in [-0.2, -0.15) is 0 Å². The summed E-state index contributed by atoms with van der Waals surface area (Å²) in [6.07, 6.45) is 1.79. The maximum Gasteiger partial charge on any atom is 0.319 e. The topological polar surface area (TPSA) is 67.2 Å². The first kappa shape index (κ1) is 19.1. The Balaban J connectivity index is 1.35. The molecule has 0 aliphatic carbocycles. The Labute approximate surface area is 173 Å². The summed E-state index contributed by atoms with van der Waals surface area (Å²) in [6, 6.07) is 22.9. The first-order valence-electron chi connectivity index (χ1n) is 9.36. The van der Waals surface area contributed by atoms with Crippen LogP contribution in [0.15, 0.2) is 88.4 Å². The third-order valence-corrected chi connectivity index (χ3v) is 5.44. The number of hydrogen-bond acceptors (Lipinski definition) is 4. The summed E-state index contributed by atoms with van der Waals surface area (Å²) in [5.74, 6) is 1.51. The third kappa shape index (κ3) is 4.97. The van der Waals surface area contributed by atoms with Crippen LogP contribution in [0.2, 0.25) is 0 Å². The maximum absolute atomic E-state index is 12.4. The summed E-state index contributed by atoms with van der Waals surface area (Å²) in [5.41, 5.74) is 2.68. The summed E-state index contributed by atoms with van der Waals surface area (Å²) in [7, 11) is 0. The Bertz CT molecular complexity index is 1080. The molecule has 0 aliphatic rings. The van der Waals surface area contributed by atoms with Gasteiger partial charge in [0.05, 0.1) is 11.1 Å². The van der Waals surface area contributed by atoms with Crippen molar-refractivity contribution in [3.63, 3.8) is 0 Å². The van der Waals surface area contributed by atoms with Crippen LogP contribution in [0.1, 0.15) is 24.3 Å². The second-order valence-electron chi connectivity index (χ2n) is 6.66. The Kier molecular flexibility index (Phi) is 5.81. The molecule has 1 atom stereocenters. The molecule has 146 valence electrons. The standard InChI is InChI=1S/C23H21N3O2S/c1-16(21-14-18-8-2-3-10-20(18)28-21)25-23(27)26-19-9-6-7-17(13-19)15-29-22-11-4-5-12-24-22/h2-14,16H,15H2,1H3,(H2,25,26,27). The lowest BCUT2D eigenvalue weighted by Crippen LogP contribution is -2.30. The summed E-state index contributed by atoms with van der Waals surface area (Å²) in [6.45, 7) is 1.90. The second kappa shape index (κ2) is 8.84. The van der Waals surface area contributed by atoms with Crippen molar-refractivity contribution in [3.8, 4) is 0 Å². The molecule has 0 fully saturated rings. The molecule has 2 heterocycles. The van der Waals surface area contributed by atoms with Crippen LogP contribution in [-0.4, -0.2) is 11.0 Å². The minimum Gasteiger partial charge on any atom is -0.459 e. The number of pyridine rings is 1. The fourth-order valence-corrected chi connectivity index (χ4v) is 3.78. The number of anilines is 1. The van der Waals surface area contributed by atoms with Crippen molar-refractivity contribution in [3.05, 3.63) is 90.3 Å². The molecule has 0 aliphatic heterocycles. The zero-order valence-corrected chi connectivity index (χ0v) is 16.8. The fraction of sp³-hybridized carbons (Fsp3) is 0.130. The van der Waals surface area contributed by atoms with Crippen molar-refractivity contribution in [1.29, 1.82) is 0 Å². The van der Waals surface area contributed by atoms with Gasteiger partial charge in [-0.15, -0.1) is 11.8 Å². The molecule has 4 aromatic rings. The van der Waals surface area contributed by atoms with E-state index in [2.05, 4.69) is 15.6 Å². The van der Waals surface area contributed by atoms with Crippen molar-refractivity contribution in [2.75, 3.05) is 5.32 Å². The number of aromatic nitrogens is 1. The molecule has 0 saturated heterocycles.